The predicted octanol–water partition coefficient (Wildman–Crippen LogP) is 2.36. The van der Waals surface area contributed by atoms with Crippen molar-refractivity contribution >= 4 is 5.78 Å². The molecule has 1 aromatic carbocycles. The highest BCUT2D eigenvalue weighted by Gasteiger charge is 2.15. The van der Waals surface area contributed by atoms with E-state index in [1.165, 1.54) is 0 Å². The van der Waals surface area contributed by atoms with E-state index < -0.39 is 0 Å². The van der Waals surface area contributed by atoms with Crippen LogP contribution in [-0.2, 0) is 7.05 Å². The number of aromatic nitrogens is 2. The molecule has 0 aliphatic rings. The van der Waals surface area contributed by atoms with E-state index in [9.17, 15) is 4.79 Å². The van der Waals surface area contributed by atoms with Gasteiger partial charge >= 0.3 is 0 Å². The van der Waals surface area contributed by atoms with Crippen LogP contribution in [-0.4, -0.2) is 22.2 Å². The highest BCUT2D eigenvalue weighted by molar-refractivity contribution is 6.09. The third-order valence-electron chi connectivity index (χ3n) is 2.89. The fourth-order valence-corrected chi connectivity index (χ4v) is 1.77. The van der Waals surface area contributed by atoms with Crippen LogP contribution in [0, 0.1) is 6.92 Å². The molecule has 4 heteroatoms. The molecule has 94 valence electrons. The van der Waals surface area contributed by atoms with Crippen molar-refractivity contribution in [2.45, 2.75) is 13.8 Å². The van der Waals surface area contributed by atoms with Crippen molar-refractivity contribution in [1.29, 1.82) is 0 Å². The summed E-state index contributed by atoms with van der Waals surface area (Å²) in [6.45, 7) is 4.38. The van der Waals surface area contributed by atoms with Crippen LogP contribution < -0.4 is 4.74 Å². The molecule has 0 aliphatic heterocycles. The van der Waals surface area contributed by atoms with Crippen LogP contribution in [0.15, 0.2) is 30.5 Å². The van der Waals surface area contributed by atoms with Gasteiger partial charge in [0.1, 0.15) is 5.75 Å². The second-order valence-electron chi connectivity index (χ2n) is 4.06. The van der Waals surface area contributed by atoms with E-state index in [1.54, 1.807) is 23.0 Å². The molecule has 1 heterocycles. The zero-order valence-corrected chi connectivity index (χ0v) is 10.8. The fourth-order valence-electron chi connectivity index (χ4n) is 1.77. The number of rotatable bonds is 4. The Balaban J connectivity index is 2.34. The van der Waals surface area contributed by atoms with Crippen LogP contribution in [0.4, 0.5) is 0 Å². The molecule has 0 unspecified atom stereocenters. The summed E-state index contributed by atoms with van der Waals surface area (Å²) in [6.07, 6.45) is 1.60. The lowest BCUT2D eigenvalue weighted by Crippen LogP contribution is -2.04. The number of carbonyl (C=O) groups is 1. The van der Waals surface area contributed by atoms with Crippen molar-refractivity contribution in [2.24, 2.45) is 7.05 Å². The zero-order chi connectivity index (χ0) is 13.1. The Morgan fingerprint density at radius 3 is 2.83 bits per heavy atom. The first-order chi connectivity index (χ1) is 8.63. The molecule has 0 spiro atoms. The predicted molar refractivity (Wildman–Crippen MR) is 69.0 cm³/mol. The van der Waals surface area contributed by atoms with Crippen LogP contribution in [0.2, 0.25) is 0 Å². The lowest BCUT2D eigenvalue weighted by Gasteiger charge is -2.05. The van der Waals surface area contributed by atoms with Gasteiger partial charge < -0.3 is 4.74 Å². The third-order valence-corrected chi connectivity index (χ3v) is 2.89. The minimum Gasteiger partial charge on any atom is -0.494 e. The van der Waals surface area contributed by atoms with E-state index in [2.05, 4.69) is 5.10 Å². The van der Waals surface area contributed by atoms with Crippen LogP contribution in [0.3, 0.4) is 0 Å². The van der Waals surface area contributed by atoms with Gasteiger partial charge in [-0.3, -0.25) is 9.48 Å². The van der Waals surface area contributed by atoms with Gasteiger partial charge in [0, 0.05) is 18.3 Å². The number of nitrogens with zero attached hydrogens (tertiary/aromatic N) is 2. The highest BCUT2D eigenvalue weighted by atomic mass is 16.5. The lowest BCUT2D eigenvalue weighted by atomic mass is 10.0. The maximum atomic E-state index is 12.3. The van der Waals surface area contributed by atoms with Gasteiger partial charge in [-0.15, -0.1) is 0 Å². The first-order valence-electron chi connectivity index (χ1n) is 5.89. The molecule has 0 fully saturated rings. The Kier molecular flexibility index (Phi) is 3.46. The highest BCUT2D eigenvalue weighted by Crippen LogP contribution is 2.18. The molecule has 0 amide bonds. The number of benzene rings is 1. The zero-order valence-electron chi connectivity index (χ0n) is 10.8. The van der Waals surface area contributed by atoms with Crippen molar-refractivity contribution in [3.05, 3.63) is 47.3 Å². The van der Waals surface area contributed by atoms with Gasteiger partial charge in [0.05, 0.1) is 18.4 Å². The van der Waals surface area contributed by atoms with Gasteiger partial charge in [-0.05, 0) is 26.0 Å². The van der Waals surface area contributed by atoms with Crippen LogP contribution in [0.1, 0.15) is 28.5 Å². The number of aryl methyl sites for hydroxylation is 1. The van der Waals surface area contributed by atoms with Gasteiger partial charge in [-0.1, -0.05) is 12.1 Å². The summed E-state index contributed by atoms with van der Waals surface area (Å²) in [5.41, 5.74) is 2.12. The molecule has 0 saturated heterocycles. The molecular weight excluding hydrogens is 228 g/mol. The molecule has 0 atom stereocenters. The quantitative estimate of drug-likeness (QED) is 0.775. The second kappa shape index (κ2) is 5.04. The van der Waals surface area contributed by atoms with Crippen molar-refractivity contribution in [3.63, 3.8) is 0 Å². The van der Waals surface area contributed by atoms with Crippen LogP contribution >= 0.6 is 0 Å². The summed E-state index contributed by atoms with van der Waals surface area (Å²) in [5, 5.41) is 4.09. The van der Waals surface area contributed by atoms with E-state index >= 15 is 0 Å². The number of ketones is 1. The first-order valence-corrected chi connectivity index (χ1v) is 5.89. The van der Waals surface area contributed by atoms with Gasteiger partial charge in [0.15, 0.2) is 5.78 Å². The summed E-state index contributed by atoms with van der Waals surface area (Å²) in [6, 6.07) is 7.22. The SMILES string of the molecule is CCOc1cccc(C(=O)c2cnn(C)c2C)c1. The van der Waals surface area contributed by atoms with E-state index in [1.807, 2.05) is 33.0 Å². The lowest BCUT2D eigenvalue weighted by molar-refractivity contribution is 0.103. The number of hydrogen-bond acceptors (Lipinski definition) is 3. The van der Waals surface area contributed by atoms with Gasteiger partial charge in [0.2, 0.25) is 0 Å². The number of carbonyl (C=O) groups excluding carboxylic acids is 1. The average Bonchev–Trinajstić information content (AvgIpc) is 2.70. The smallest absolute Gasteiger partial charge is 0.196 e. The molecule has 0 radical (unpaired) electrons. The molecule has 0 aliphatic carbocycles. The second-order valence-corrected chi connectivity index (χ2v) is 4.06. The molecule has 0 bridgehead atoms. The van der Waals surface area contributed by atoms with Gasteiger partial charge in [-0.25, -0.2) is 0 Å². The fraction of sp³-hybridized carbons (Fsp3) is 0.286. The minimum atomic E-state index is -0.0258. The molecule has 0 saturated carbocycles. The van der Waals surface area contributed by atoms with Crippen molar-refractivity contribution in [2.75, 3.05) is 6.61 Å². The van der Waals surface area contributed by atoms with Gasteiger partial charge in [0.25, 0.3) is 0 Å². The summed E-state index contributed by atoms with van der Waals surface area (Å²) in [7, 11) is 1.82. The normalized spacial score (nSPS) is 10.4. The first kappa shape index (κ1) is 12.4. The Morgan fingerprint density at radius 2 is 2.22 bits per heavy atom. The molecule has 0 N–H and O–H groups in total. The van der Waals surface area contributed by atoms with E-state index in [-0.39, 0.29) is 5.78 Å². The molecule has 1 aromatic heterocycles. The van der Waals surface area contributed by atoms with E-state index in [4.69, 9.17) is 4.74 Å². The Morgan fingerprint density at radius 1 is 1.44 bits per heavy atom. The molecule has 2 rings (SSSR count). The molecular formula is C14H16N2O2. The maximum Gasteiger partial charge on any atom is 0.196 e. The monoisotopic (exact) mass is 244 g/mol. The Labute approximate surface area is 106 Å². The van der Waals surface area contributed by atoms with E-state index in [0.29, 0.717) is 23.5 Å². The summed E-state index contributed by atoms with van der Waals surface area (Å²) in [5.74, 6) is 0.687. The Hall–Kier alpha value is -2.10. The summed E-state index contributed by atoms with van der Waals surface area (Å²) in [4.78, 5) is 12.3. The minimum absolute atomic E-state index is 0.0258. The molecule has 2 aromatic rings. The molecule has 18 heavy (non-hydrogen) atoms. The molecule has 4 nitrogen and oxygen atoms in total. The van der Waals surface area contributed by atoms with Crippen LogP contribution in [0.25, 0.3) is 0 Å². The standard InChI is InChI=1S/C14H16N2O2/c1-4-18-12-7-5-6-11(8-12)14(17)13-9-15-16(3)10(13)2/h5-9H,4H2,1-3H3. The van der Waals surface area contributed by atoms with Crippen molar-refractivity contribution < 1.29 is 9.53 Å². The van der Waals surface area contributed by atoms with E-state index in [0.717, 1.165) is 5.69 Å². The summed E-state index contributed by atoms with van der Waals surface area (Å²) >= 11 is 0. The van der Waals surface area contributed by atoms with Gasteiger partial charge in [-0.2, -0.15) is 5.10 Å². The number of ether oxygens (including phenoxy) is 1. The van der Waals surface area contributed by atoms with Crippen LogP contribution in [0.5, 0.6) is 5.75 Å². The third kappa shape index (κ3) is 2.27. The Bertz CT molecular complexity index is 573. The van der Waals surface area contributed by atoms with Crippen molar-refractivity contribution in [3.8, 4) is 5.75 Å². The maximum absolute atomic E-state index is 12.3. The van der Waals surface area contributed by atoms with Crippen molar-refractivity contribution in [1.82, 2.24) is 9.78 Å². The summed E-state index contributed by atoms with van der Waals surface area (Å²) < 4.78 is 7.09. The number of hydrogen-bond donors (Lipinski definition) is 0. The largest absolute Gasteiger partial charge is 0.494 e. The average molecular weight is 244 g/mol. The topological polar surface area (TPSA) is 44.1 Å².